The van der Waals surface area contributed by atoms with E-state index in [0.29, 0.717) is 10.3 Å². The van der Waals surface area contributed by atoms with Crippen molar-refractivity contribution >= 4 is 9.84 Å². The number of benzene rings is 1. The molecule has 2 fully saturated rings. The van der Waals surface area contributed by atoms with Crippen LogP contribution in [-0.2, 0) is 16.4 Å². The molecule has 1 aromatic rings. The first-order chi connectivity index (χ1) is 9.81. The third-order valence-electron chi connectivity index (χ3n) is 4.58. The van der Waals surface area contributed by atoms with Gasteiger partial charge in [0, 0.05) is 38.1 Å². The van der Waals surface area contributed by atoms with Crippen molar-refractivity contribution in [2.45, 2.75) is 30.5 Å². The Morgan fingerprint density at radius 1 is 1.19 bits per heavy atom. The zero-order valence-corrected chi connectivity index (χ0v) is 13.9. The van der Waals surface area contributed by atoms with E-state index in [0.717, 1.165) is 25.2 Å². The molecular formula is C16H24N2O2S. The Morgan fingerprint density at radius 2 is 1.86 bits per heavy atom. The summed E-state index contributed by atoms with van der Waals surface area (Å²) in [5.41, 5.74) is 1.62. The highest BCUT2D eigenvalue weighted by molar-refractivity contribution is 7.92. The minimum absolute atomic E-state index is 0.370. The third-order valence-corrected chi connectivity index (χ3v) is 6.73. The van der Waals surface area contributed by atoms with Crippen LogP contribution >= 0.6 is 0 Å². The predicted molar refractivity (Wildman–Crippen MR) is 84.0 cm³/mol. The molecule has 0 radical (unpaired) electrons. The van der Waals surface area contributed by atoms with Gasteiger partial charge in [0.25, 0.3) is 0 Å². The van der Waals surface area contributed by atoms with E-state index in [1.807, 2.05) is 18.2 Å². The average molecular weight is 308 g/mol. The number of rotatable bonds is 4. The van der Waals surface area contributed by atoms with E-state index in [1.165, 1.54) is 13.1 Å². The van der Waals surface area contributed by atoms with E-state index >= 15 is 0 Å². The fourth-order valence-corrected chi connectivity index (χ4v) is 4.79. The van der Waals surface area contributed by atoms with Crippen molar-refractivity contribution in [3.05, 3.63) is 29.8 Å². The lowest BCUT2D eigenvalue weighted by Gasteiger charge is -2.59. The number of nitrogens with zero attached hydrogens (tertiary/aromatic N) is 2. The zero-order valence-electron chi connectivity index (χ0n) is 13.0. The number of hydrogen-bond donors (Lipinski definition) is 0. The summed E-state index contributed by atoms with van der Waals surface area (Å²) in [5.74, 6) is 0. The summed E-state index contributed by atoms with van der Waals surface area (Å²) in [6.07, 6.45) is 0. The van der Waals surface area contributed by atoms with Crippen molar-refractivity contribution in [3.63, 3.8) is 0 Å². The molecule has 0 atom stereocenters. The van der Waals surface area contributed by atoms with E-state index in [1.54, 1.807) is 19.9 Å². The highest BCUT2D eigenvalue weighted by Crippen LogP contribution is 2.39. The molecule has 2 aliphatic heterocycles. The predicted octanol–water partition coefficient (Wildman–Crippen LogP) is 1.62. The second-order valence-corrected chi connectivity index (χ2v) is 9.56. The molecule has 2 aliphatic rings. The van der Waals surface area contributed by atoms with Gasteiger partial charge in [-0.15, -0.1) is 0 Å². The zero-order chi connectivity index (χ0) is 15.3. The minimum atomic E-state index is -3.17. The SMILES string of the molecule is CC(C)S(=O)(=O)c1cccc(CN2CC3(CN(C)C3)C2)c1. The van der Waals surface area contributed by atoms with Crippen LogP contribution in [0, 0.1) is 5.41 Å². The van der Waals surface area contributed by atoms with Gasteiger partial charge in [0.05, 0.1) is 10.1 Å². The molecule has 0 N–H and O–H groups in total. The molecule has 2 saturated heterocycles. The van der Waals surface area contributed by atoms with Gasteiger partial charge in [-0.05, 0) is 38.6 Å². The van der Waals surface area contributed by atoms with Crippen LogP contribution in [0.1, 0.15) is 19.4 Å². The molecule has 1 spiro atoms. The smallest absolute Gasteiger partial charge is 0.180 e. The first kappa shape index (κ1) is 15.0. The van der Waals surface area contributed by atoms with E-state index in [2.05, 4.69) is 16.8 Å². The quantitative estimate of drug-likeness (QED) is 0.847. The molecule has 0 aliphatic carbocycles. The second kappa shape index (κ2) is 5.07. The molecule has 21 heavy (non-hydrogen) atoms. The maximum absolute atomic E-state index is 12.2. The van der Waals surface area contributed by atoms with Crippen molar-refractivity contribution in [2.75, 3.05) is 33.2 Å². The highest BCUT2D eigenvalue weighted by Gasteiger charge is 2.49. The Kier molecular flexibility index (Phi) is 3.62. The van der Waals surface area contributed by atoms with Gasteiger partial charge in [-0.25, -0.2) is 8.42 Å². The first-order valence-corrected chi connectivity index (χ1v) is 9.09. The largest absolute Gasteiger partial charge is 0.305 e. The van der Waals surface area contributed by atoms with Crippen molar-refractivity contribution in [1.82, 2.24) is 9.80 Å². The third kappa shape index (κ3) is 2.74. The van der Waals surface area contributed by atoms with Gasteiger partial charge >= 0.3 is 0 Å². The molecule has 4 nitrogen and oxygen atoms in total. The molecule has 3 rings (SSSR count). The van der Waals surface area contributed by atoms with E-state index in [-0.39, 0.29) is 5.25 Å². The van der Waals surface area contributed by atoms with Crippen molar-refractivity contribution < 1.29 is 8.42 Å². The summed E-state index contributed by atoms with van der Waals surface area (Å²) in [7, 11) is -1.01. The summed E-state index contributed by atoms with van der Waals surface area (Å²) in [4.78, 5) is 5.22. The number of likely N-dealkylation sites (tertiary alicyclic amines) is 2. The molecule has 0 saturated carbocycles. The van der Waals surface area contributed by atoms with Crippen molar-refractivity contribution in [3.8, 4) is 0 Å². The lowest BCUT2D eigenvalue weighted by atomic mass is 9.73. The van der Waals surface area contributed by atoms with Crippen LogP contribution in [0.25, 0.3) is 0 Å². The summed E-state index contributed by atoms with van der Waals surface area (Å²) in [5, 5.41) is -0.370. The molecule has 0 amide bonds. The standard InChI is InChI=1S/C16H24N2O2S/c1-13(2)21(19,20)15-6-4-5-14(7-15)8-18-11-16(12-18)9-17(3)10-16/h4-7,13H,8-12H2,1-3H3. The molecule has 116 valence electrons. The lowest BCUT2D eigenvalue weighted by Crippen LogP contribution is -2.70. The second-order valence-electron chi connectivity index (χ2n) is 7.06. The lowest BCUT2D eigenvalue weighted by molar-refractivity contribution is -0.107. The molecule has 2 heterocycles. The Balaban J connectivity index is 1.65. The van der Waals surface area contributed by atoms with E-state index < -0.39 is 9.84 Å². The fraction of sp³-hybridized carbons (Fsp3) is 0.625. The van der Waals surface area contributed by atoms with Crippen LogP contribution in [0.2, 0.25) is 0 Å². The summed E-state index contributed by atoms with van der Waals surface area (Å²) in [6, 6.07) is 7.43. The molecular weight excluding hydrogens is 284 g/mol. The van der Waals surface area contributed by atoms with Crippen LogP contribution in [0.3, 0.4) is 0 Å². The number of sulfone groups is 1. The van der Waals surface area contributed by atoms with Gasteiger partial charge in [0.15, 0.2) is 9.84 Å². The Morgan fingerprint density at radius 3 is 2.43 bits per heavy atom. The van der Waals surface area contributed by atoms with Gasteiger partial charge in [-0.1, -0.05) is 12.1 Å². The van der Waals surface area contributed by atoms with Gasteiger partial charge in [0.1, 0.15) is 0 Å². The first-order valence-electron chi connectivity index (χ1n) is 7.55. The normalized spacial score (nSPS) is 22.3. The Bertz CT molecular complexity index is 625. The average Bonchev–Trinajstić information content (AvgIpc) is 2.34. The van der Waals surface area contributed by atoms with Crippen LogP contribution < -0.4 is 0 Å². The maximum Gasteiger partial charge on any atom is 0.180 e. The number of hydrogen-bond acceptors (Lipinski definition) is 4. The molecule has 0 unspecified atom stereocenters. The van der Waals surface area contributed by atoms with Gasteiger partial charge in [0.2, 0.25) is 0 Å². The van der Waals surface area contributed by atoms with Gasteiger partial charge in [-0.2, -0.15) is 0 Å². The van der Waals surface area contributed by atoms with Crippen molar-refractivity contribution in [2.24, 2.45) is 5.41 Å². The van der Waals surface area contributed by atoms with E-state index in [4.69, 9.17) is 0 Å². The van der Waals surface area contributed by atoms with Crippen LogP contribution in [0.15, 0.2) is 29.2 Å². The topological polar surface area (TPSA) is 40.6 Å². The summed E-state index contributed by atoms with van der Waals surface area (Å²) >= 11 is 0. The maximum atomic E-state index is 12.2. The van der Waals surface area contributed by atoms with Crippen LogP contribution in [-0.4, -0.2) is 56.7 Å². The van der Waals surface area contributed by atoms with E-state index in [9.17, 15) is 8.42 Å². The van der Waals surface area contributed by atoms with Crippen LogP contribution in [0.5, 0.6) is 0 Å². The molecule has 5 heteroatoms. The molecule has 0 bridgehead atoms. The van der Waals surface area contributed by atoms with Gasteiger partial charge < -0.3 is 4.90 Å². The van der Waals surface area contributed by atoms with Crippen LogP contribution in [0.4, 0.5) is 0 Å². The Hall–Kier alpha value is -0.910. The fourth-order valence-electron chi connectivity index (χ4n) is 3.66. The highest BCUT2D eigenvalue weighted by atomic mass is 32.2. The molecule has 1 aromatic carbocycles. The monoisotopic (exact) mass is 308 g/mol. The van der Waals surface area contributed by atoms with Crippen molar-refractivity contribution in [1.29, 1.82) is 0 Å². The summed E-state index contributed by atoms with van der Waals surface area (Å²) < 4.78 is 24.5. The summed E-state index contributed by atoms with van der Waals surface area (Å²) in [6.45, 7) is 8.99. The molecule has 0 aromatic heterocycles. The minimum Gasteiger partial charge on any atom is -0.305 e. The Labute approximate surface area is 127 Å². The van der Waals surface area contributed by atoms with Gasteiger partial charge in [-0.3, -0.25) is 4.90 Å².